The van der Waals surface area contributed by atoms with Crippen molar-refractivity contribution in [1.29, 1.82) is 0 Å². The molecule has 5 heteroatoms. The Hall–Kier alpha value is -1.10. The molecular weight excluding hydrogens is 322 g/mol. The van der Waals surface area contributed by atoms with Crippen LogP contribution in [0.25, 0.3) is 0 Å². The first-order valence-corrected chi connectivity index (χ1v) is 9.43. The molecule has 1 amide bonds. The highest BCUT2D eigenvalue weighted by Crippen LogP contribution is 2.44. The second kappa shape index (κ2) is 7.85. The number of rotatable bonds is 6. The second-order valence-electron chi connectivity index (χ2n) is 7.20. The summed E-state index contributed by atoms with van der Waals surface area (Å²) in [5.74, 6) is 0.189. The van der Waals surface area contributed by atoms with E-state index in [-0.39, 0.29) is 11.3 Å². The number of carbonyl (C=O) groups excluding carboxylic acids is 1. The lowest BCUT2D eigenvalue weighted by Gasteiger charge is -2.41. The molecule has 2 fully saturated rings. The number of hydrogen-bond acceptors (Lipinski definition) is 3. The lowest BCUT2D eigenvalue weighted by atomic mass is 9.64. The van der Waals surface area contributed by atoms with Crippen molar-refractivity contribution in [2.75, 3.05) is 46.3 Å². The van der Waals surface area contributed by atoms with Gasteiger partial charge in [0, 0.05) is 37.7 Å². The van der Waals surface area contributed by atoms with Gasteiger partial charge in [-0.15, -0.1) is 0 Å². The van der Waals surface area contributed by atoms with Crippen LogP contribution in [-0.2, 0) is 10.2 Å². The Kier molecular flexibility index (Phi) is 5.80. The molecule has 0 atom stereocenters. The molecule has 2 aliphatic rings. The zero-order valence-electron chi connectivity index (χ0n) is 14.6. The SMILES string of the molecule is CN1CCN(CCCNC(=O)C2(c3ccc(Cl)cc3)CCC2)CC1. The van der Waals surface area contributed by atoms with E-state index in [0.717, 1.165) is 75.5 Å². The Labute approximate surface area is 150 Å². The number of halogens is 1. The van der Waals surface area contributed by atoms with Crippen molar-refractivity contribution in [3.8, 4) is 0 Å². The molecular formula is C19H28ClN3O. The predicted octanol–water partition coefficient (Wildman–Crippen LogP) is 2.52. The predicted molar refractivity (Wildman–Crippen MR) is 98.5 cm³/mol. The van der Waals surface area contributed by atoms with Crippen LogP contribution in [-0.4, -0.2) is 62.0 Å². The van der Waals surface area contributed by atoms with Crippen LogP contribution in [0.4, 0.5) is 0 Å². The topological polar surface area (TPSA) is 35.6 Å². The molecule has 1 saturated carbocycles. The number of likely N-dealkylation sites (N-methyl/N-ethyl adjacent to an activating group) is 1. The van der Waals surface area contributed by atoms with E-state index in [9.17, 15) is 4.79 Å². The van der Waals surface area contributed by atoms with Gasteiger partial charge in [0.15, 0.2) is 0 Å². The van der Waals surface area contributed by atoms with Gasteiger partial charge in [0.25, 0.3) is 0 Å². The van der Waals surface area contributed by atoms with E-state index in [4.69, 9.17) is 11.6 Å². The van der Waals surface area contributed by atoms with Gasteiger partial charge in [-0.3, -0.25) is 4.79 Å². The van der Waals surface area contributed by atoms with Crippen molar-refractivity contribution < 1.29 is 4.79 Å². The average molecular weight is 350 g/mol. The zero-order chi connectivity index (χ0) is 17.0. The van der Waals surface area contributed by atoms with Gasteiger partial charge in [-0.25, -0.2) is 0 Å². The summed E-state index contributed by atoms with van der Waals surface area (Å²) in [7, 11) is 2.17. The van der Waals surface area contributed by atoms with Gasteiger partial charge in [0.1, 0.15) is 0 Å². The molecule has 1 saturated heterocycles. The van der Waals surface area contributed by atoms with Gasteiger partial charge >= 0.3 is 0 Å². The summed E-state index contributed by atoms with van der Waals surface area (Å²) >= 11 is 5.98. The number of nitrogens with zero attached hydrogens (tertiary/aromatic N) is 2. The van der Waals surface area contributed by atoms with Gasteiger partial charge < -0.3 is 15.1 Å². The second-order valence-corrected chi connectivity index (χ2v) is 7.63. The van der Waals surface area contributed by atoms with Crippen molar-refractivity contribution in [2.45, 2.75) is 31.1 Å². The van der Waals surface area contributed by atoms with E-state index in [2.05, 4.69) is 22.2 Å². The fourth-order valence-corrected chi connectivity index (χ4v) is 3.82. The first-order valence-electron chi connectivity index (χ1n) is 9.05. The minimum Gasteiger partial charge on any atom is -0.355 e. The standard InChI is InChI=1S/C19H28ClN3O/c1-22-12-14-23(15-13-22)11-3-10-21-18(24)19(8-2-9-19)16-4-6-17(20)7-5-16/h4-7H,2-3,8-15H2,1H3,(H,21,24). The van der Waals surface area contributed by atoms with Crippen LogP contribution in [0.5, 0.6) is 0 Å². The molecule has 4 nitrogen and oxygen atoms in total. The minimum atomic E-state index is -0.321. The highest BCUT2D eigenvalue weighted by atomic mass is 35.5. The van der Waals surface area contributed by atoms with Crippen molar-refractivity contribution in [3.05, 3.63) is 34.9 Å². The molecule has 1 heterocycles. The van der Waals surface area contributed by atoms with Crippen LogP contribution >= 0.6 is 11.6 Å². The van der Waals surface area contributed by atoms with Crippen molar-refractivity contribution in [1.82, 2.24) is 15.1 Å². The van der Waals surface area contributed by atoms with Crippen LogP contribution in [0.1, 0.15) is 31.2 Å². The molecule has 0 spiro atoms. The highest BCUT2D eigenvalue weighted by Gasteiger charge is 2.45. The Balaban J connectivity index is 1.46. The quantitative estimate of drug-likeness (QED) is 0.802. The maximum atomic E-state index is 12.8. The Morgan fingerprint density at radius 3 is 2.42 bits per heavy atom. The number of piperazine rings is 1. The largest absolute Gasteiger partial charge is 0.355 e. The molecule has 24 heavy (non-hydrogen) atoms. The van der Waals surface area contributed by atoms with E-state index in [1.807, 2.05) is 24.3 Å². The van der Waals surface area contributed by atoms with Crippen LogP contribution < -0.4 is 5.32 Å². The number of amides is 1. The summed E-state index contributed by atoms with van der Waals surface area (Å²) in [5.41, 5.74) is 0.785. The first kappa shape index (κ1) is 17.7. The molecule has 1 aromatic rings. The molecule has 1 aliphatic heterocycles. The third-order valence-corrected chi connectivity index (χ3v) is 5.82. The molecule has 1 N–H and O–H groups in total. The lowest BCUT2D eigenvalue weighted by Crippen LogP contribution is -2.50. The van der Waals surface area contributed by atoms with Crippen LogP contribution in [0, 0.1) is 0 Å². The number of nitrogens with one attached hydrogen (secondary N) is 1. The normalized spacial score (nSPS) is 21.2. The molecule has 132 valence electrons. The molecule has 0 bridgehead atoms. The van der Waals surface area contributed by atoms with Crippen molar-refractivity contribution in [2.24, 2.45) is 0 Å². The van der Waals surface area contributed by atoms with E-state index < -0.39 is 0 Å². The molecule has 1 aliphatic carbocycles. The van der Waals surface area contributed by atoms with E-state index in [1.54, 1.807) is 0 Å². The minimum absolute atomic E-state index is 0.189. The fourth-order valence-electron chi connectivity index (χ4n) is 3.69. The summed E-state index contributed by atoms with van der Waals surface area (Å²) < 4.78 is 0. The smallest absolute Gasteiger partial charge is 0.230 e. The van der Waals surface area contributed by atoms with Gasteiger partial charge in [0.2, 0.25) is 5.91 Å². The molecule has 3 rings (SSSR count). The molecule has 0 radical (unpaired) electrons. The fraction of sp³-hybridized carbons (Fsp3) is 0.632. The summed E-state index contributed by atoms with van der Waals surface area (Å²) in [6.07, 6.45) is 4.03. The summed E-state index contributed by atoms with van der Waals surface area (Å²) in [6, 6.07) is 7.78. The first-order chi connectivity index (χ1) is 11.6. The summed E-state index contributed by atoms with van der Waals surface area (Å²) in [6.45, 7) is 6.40. The number of hydrogen-bond donors (Lipinski definition) is 1. The van der Waals surface area contributed by atoms with Gasteiger partial charge in [-0.05, 0) is 50.6 Å². The van der Waals surface area contributed by atoms with E-state index >= 15 is 0 Å². The van der Waals surface area contributed by atoms with E-state index in [1.165, 1.54) is 0 Å². The van der Waals surface area contributed by atoms with Crippen LogP contribution in [0.3, 0.4) is 0 Å². The number of benzene rings is 1. The molecule has 1 aromatic carbocycles. The van der Waals surface area contributed by atoms with Crippen molar-refractivity contribution in [3.63, 3.8) is 0 Å². The van der Waals surface area contributed by atoms with Gasteiger partial charge in [-0.1, -0.05) is 30.2 Å². The zero-order valence-corrected chi connectivity index (χ0v) is 15.3. The Bertz CT molecular complexity index is 548. The Morgan fingerprint density at radius 2 is 1.83 bits per heavy atom. The number of carbonyl (C=O) groups is 1. The molecule has 0 aromatic heterocycles. The highest BCUT2D eigenvalue weighted by molar-refractivity contribution is 6.30. The van der Waals surface area contributed by atoms with E-state index in [0.29, 0.717) is 0 Å². The van der Waals surface area contributed by atoms with Crippen LogP contribution in [0.15, 0.2) is 24.3 Å². The molecule has 0 unspecified atom stereocenters. The maximum absolute atomic E-state index is 12.8. The Morgan fingerprint density at radius 1 is 1.17 bits per heavy atom. The summed E-state index contributed by atoms with van der Waals surface area (Å²) in [4.78, 5) is 17.6. The maximum Gasteiger partial charge on any atom is 0.230 e. The van der Waals surface area contributed by atoms with Crippen LogP contribution in [0.2, 0.25) is 5.02 Å². The average Bonchev–Trinajstić information content (AvgIpc) is 2.54. The third-order valence-electron chi connectivity index (χ3n) is 5.57. The lowest BCUT2D eigenvalue weighted by molar-refractivity contribution is -0.129. The monoisotopic (exact) mass is 349 g/mol. The van der Waals surface area contributed by atoms with Gasteiger partial charge in [0.05, 0.1) is 5.41 Å². The van der Waals surface area contributed by atoms with Crippen molar-refractivity contribution >= 4 is 17.5 Å². The van der Waals surface area contributed by atoms with Gasteiger partial charge in [-0.2, -0.15) is 0 Å². The summed E-state index contributed by atoms with van der Waals surface area (Å²) in [5, 5.41) is 3.90. The third kappa shape index (κ3) is 3.93.